The molecule has 0 spiro atoms. The van der Waals surface area contributed by atoms with E-state index in [9.17, 15) is 8.78 Å². The maximum atomic E-state index is 16.5. The molecule has 2 aliphatic heterocycles. The predicted molar refractivity (Wildman–Crippen MR) is 152 cm³/mol. The fourth-order valence-electron chi connectivity index (χ4n) is 6.39. The molecule has 2 atom stereocenters. The van der Waals surface area contributed by atoms with Crippen LogP contribution >= 0.6 is 0 Å². The first-order valence-electron chi connectivity index (χ1n) is 14.3. The van der Waals surface area contributed by atoms with E-state index < -0.39 is 23.3 Å². The summed E-state index contributed by atoms with van der Waals surface area (Å²) in [6, 6.07) is 6.34. The van der Waals surface area contributed by atoms with Crippen molar-refractivity contribution in [2.75, 3.05) is 40.2 Å². The molecule has 2 aromatic heterocycles. The van der Waals surface area contributed by atoms with Crippen molar-refractivity contribution in [2.24, 2.45) is 0 Å². The van der Waals surface area contributed by atoms with Crippen LogP contribution < -0.4 is 14.2 Å². The Morgan fingerprint density at radius 2 is 1.95 bits per heavy atom. The summed E-state index contributed by atoms with van der Waals surface area (Å²) < 4.78 is 68.3. The van der Waals surface area contributed by atoms with Crippen LogP contribution in [-0.4, -0.2) is 71.8 Å². The Morgan fingerprint density at radius 3 is 2.74 bits per heavy atom. The lowest BCUT2D eigenvalue weighted by atomic mass is 9.94. The first-order valence-corrected chi connectivity index (χ1v) is 14.3. The lowest BCUT2D eigenvalue weighted by molar-refractivity contribution is 0.0512. The van der Waals surface area contributed by atoms with Crippen molar-refractivity contribution in [3.8, 4) is 28.9 Å². The number of benzene rings is 2. The Balaban J connectivity index is 1.48. The second-order valence-corrected chi connectivity index (χ2v) is 10.8. The van der Waals surface area contributed by atoms with Crippen LogP contribution in [0.2, 0.25) is 0 Å². The molecule has 0 radical (unpaired) electrons. The number of alkyl halides is 1. The molecule has 0 saturated carbocycles. The maximum absolute atomic E-state index is 16.5. The molecule has 42 heavy (non-hydrogen) atoms. The SMILES string of the molecule is CCOc1nc(OC[C@@]23CCCN2C[C@H](F)C3)nc2c(F)c(-c3cc(OCOC)cc4ccc(F)c(CC)c34)ncc12. The van der Waals surface area contributed by atoms with Gasteiger partial charge in [-0.1, -0.05) is 13.0 Å². The van der Waals surface area contributed by atoms with Crippen molar-refractivity contribution >= 4 is 21.7 Å². The molecule has 0 amide bonds. The van der Waals surface area contributed by atoms with Gasteiger partial charge in [-0.2, -0.15) is 9.97 Å². The average molecular weight is 583 g/mol. The number of fused-ring (bicyclic) bond motifs is 3. The Bertz CT molecular complexity index is 1640. The smallest absolute Gasteiger partial charge is 0.320 e. The number of ether oxygens (including phenoxy) is 4. The van der Waals surface area contributed by atoms with E-state index in [1.807, 2.05) is 6.92 Å². The molecular formula is C31H33F3N4O4. The fourth-order valence-corrected chi connectivity index (χ4v) is 6.39. The van der Waals surface area contributed by atoms with Gasteiger partial charge < -0.3 is 18.9 Å². The Morgan fingerprint density at radius 1 is 1.10 bits per heavy atom. The van der Waals surface area contributed by atoms with Gasteiger partial charge in [0.15, 0.2) is 12.6 Å². The van der Waals surface area contributed by atoms with Crippen LogP contribution in [0.3, 0.4) is 0 Å². The number of pyridine rings is 1. The zero-order valence-corrected chi connectivity index (χ0v) is 23.9. The van der Waals surface area contributed by atoms with Crippen LogP contribution in [-0.2, 0) is 11.2 Å². The molecule has 11 heteroatoms. The first-order chi connectivity index (χ1) is 20.4. The summed E-state index contributed by atoms with van der Waals surface area (Å²) in [5, 5.41) is 1.47. The van der Waals surface area contributed by atoms with Crippen LogP contribution in [0.4, 0.5) is 13.2 Å². The molecule has 8 nitrogen and oxygen atoms in total. The minimum absolute atomic E-state index is 0.0197. The predicted octanol–water partition coefficient (Wildman–Crippen LogP) is 6.02. The molecule has 0 unspecified atom stereocenters. The van der Waals surface area contributed by atoms with E-state index in [4.69, 9.17) is 18.9 Å². The molecule has 0 bridgehead atoms. The number of hydrogen-bond donors (Lipinski definition) is 0. The summed E-state index contributed by atoms with van der Waals surface area (Å²) in [4.78, 5) is 15.4. The van der Waals surface area contributed by atoms with E-state index in [0.717, 1.165) is 19.4 Å². The standard InChI is InChI=1S/C31H33F3N4O4/c1-4-21-24(33)8-7-18-11-20(42-17-39-3)12-22(25(18)21)27-26(34)28-23(14-35-27)29(40-5-2)37-30(36-28)41-16-31-9-6-10-38(31)15-19(32)13-31/h7-8,11-12,14,19H,4-6,9-10,13,15-17H2,1-3H3/t19-,31+/m1/s1. The van der Waals surface area contributed by atoms with Crippen LogP contribution in [0.25, 0.3) is 32.9 Å². The number of hydrogen-bond acceptors (Lipinski definition) is 8. The van der Waals surface area contributed by atoms with Crippen molar-refractivity contribution in [1.82, 2.24) is 19.9 Å². The van der Waals surface area contributed by atoms with Gasteiger partial charge in [-0.05, 0) is 67.3 Å². The molecule has 0 aliphatic carbocycles. The molecule has 0 N–H and O–H groups in total. The average Bonchev–Trinajstić information content (AvgIpc) is 3.51. The van der Waals surface area contributed by atoms with E-state index in [2.05, 4.69) is 19.9 Å². The Hall–Kier alpha value is -3.70. The number of aryl methyl sites for hydroxylation is 1. The molecule has 2 fully saturated rings. The van der Waals surface area contributed by atoms with Gasteiger partial charge in [0.2, 0.25) is 5.88 Å². The van der Waals surface area contributed by atoms with Crippen molar-refractivity contribution in [2.45, 2.75) is 51.2 Å². The van der Waals surface area contributed by atoms with Gasteiger partial charge in [0.25, 0.3) is 0 Å². The minimum atomic E-state index is -0.909. The highest BCUT2D eigenvalue weighted by Crippen LogP contribution is 2.41. The normalized spacial score (nSPS) is 20.4. The van der Waals surface area contributed by atoms with Crippen LogP contribution in [0.5, 0.6) is 17.6 Å². The van der Waals surface area contributed by atoms with E-state index in [-0.39, 0.29) is 48.5 Å². The number of rotatable bonds is 10. The zero-order chi connectivity index (χ0) is 29.4. The fraction of sp³-hybridized carbons (Fsp3) is 0.452. The molecular weight excluding hydrogens is 549 g/mol. The van der Waals surface area contributed by atoms with E-state index in [1.165, 1.54) is 19.4 Å². The van der Waals surface area contributed by atoms with E-state index in [0.29, 0.717) is 47.0 Å². The second kappa shape index (κ2) is 11.5. The van der Waals surface area contributed by atoms with Gasteiger partial charge >= 0.3 is 6.01 Å². The number of methoxy groups -OCH3 is 1. The molecule has 4 aromatic rings. The molecule has 2 aliphatic rings. The molecule has 4 heterocycles. The van der Waals surface area contributed by atoms with Crippen molar-refractivity contribution < 1.29 is 32.1 Å². The summed E-state index contributed by atoms with van der Waals surface area (Å²) in [6.45, 7) is 5.28. The number of nitrogens with zero attached hydrogens (tertiary/aromatic N) is 4. The monoisotopic (exact) mass is 582 g/mol. The molecule has 2 aromatic carbocycles. The largest absolute Gasteiger partial charge is 0.477 e. The van der Waals surface area contributed by atoms with E-state index in [1.54, 1.807) is 25.1 Å². The van der Waals surface area contributed by atoms with Crippen molar-refractivity contribution in [3.05, 3.63) is 47.7 Å². The van der Waals surface area contributed by atoms with Crippen molar-refractivity contribution in [1.29, 1.82) is 0 Å². The summed E-state index contributed by atoms with van der Waals surface area (Å²) in [7, 11) is 1.50. The second-order valence-electron chi connectivity index (χ2n) is 10.8. The minimum Gasteiger partial charge on any atom is -0.477 e. The number of aromatic nitrogens is 3. The van der Waals surface area contributed by atoms with Gasteiger partial charge in [-0.15, -0.1) is 0 Å². The molecule has 6 rings (SSSR count). The highest BCUT2D eigenvalue weighted by Gasteiger charge is 2.49. The van der Waals surface area contributed by atoms with Gasteiger partial charge in [0.1, 0.15) is 35.6 Å². The zero-order valence-electron chi connectivity index (χ0n) is 23.9. The van der Waals surface area contributed by atoms with Gasteiger partial charge in [0.05, 0.1) is 17.5 Å². The molecule has 2 saturated heterocycles. The topological polar surface area (TPSA) is 78.8 Å². The third-order valence-electron chi connectivity index (χ3n) is 8.23. The van der Waals surface area contributed by atoms with E-state index >= 15 is 4.39 Å². The third-order valence-corrected chi connectivity index (χ3v) is 8.23. The summed E-state index contributed by atoms with van der Waals surface area (Å²) in [6.07, 6.45) is 3.08. The van der Waals surface area contributed by atoms with Crippen LogP contribution in [0, 0.1) is 11.6 Å². The first kappa shape index (κ1) is 28.4. The lowest BCUT2D eigenvalue weighted by Crippen LogP contribution is -2.43. The lowest BCUT2D eigenvalue weighted by Gasteiger charge is -2.30. The summed E-state index contributed by atoms with van der Waals surface area (Å²) >= 11 is 0. The Kier molecular flexibility index (Phi) is 7.80. The summed E-state index contributed by atoms with van der Waals surface area (Å²) in [5.41, 5.74) is 0.295. The third kappa shape index (κ3) is 4.98. The summed E-state index contributed by atoms with van der Waals surface area (Å²) in [5.74, 6) is -0.576. The Labute approximate surface area is 241 Å². The highest BCUT2D eigenvalue weighted by atomic mass is 19.1. The number of halogens is 3. The molecule has 222 valence electrons. The van der Waals surface area contributed by atoms with Gasteiger partial charge in [-0.3, -0.25) is 9.88 Å². The van der Waals surface area contributed by atoms with Gasteiger partial charge in [0, 0.05) is 31.8 Å². The quantitative estimate of drug-likeness (QED) is 0.210. The maximum Gasteiger partial charge on any atom is 0.320 e. The van der Waals surface area contributed by atoms with Gasteiger partial charge in [-0.25, -0.2) is 13.2 Å². The van der Waals surface area contributed by atoms with Crippen LogP contribution in [0.1, 0.15) is 38.7 Å². The van der Waals surface area contributed by atoms with Crippen molar-refractivity contribution in [3.63, 3.8) is 0 Å². The van der Waals surface area contributed by atoms with Crippen LogP contribution in [0.15, 0.2) is 30.5 Å². The highest BCUT2D eigenvalue weighted by molar-refractivity contribution is 6.01.